The molecule has 80 valence electrons. The van der Waals surface area contributed by atoms with Crippen molar-refractivity contribution in [2.24, 2.45) is 5.73 Å². The lowest BCUT2D eigenvalue weighted by Gasteiger charge is -2.15. The molecule has 1 aromatic carbocycles. The number of nitrogens with two attached hydrogens (primary N) is 1. The minimum Gasteiger partial charge on any atom is -0.368 e. The summed E-state index contributed by atoms with van der Waals surface area (Å²) in [6.07, 6.45) is 0. The minimum absolute atomic E-state index is 0.0683. The van der Waals surface area contributed by atoms with Crippen molar-refractivity contribution in [2.75, 3.05) is 13.6 Å². The summed E-state index contributed by atoms with van der Waals surface area (Å²) in [7, 11) is 1.39. The summed E-state index contributed by atoms with van der Waals surface area (Å²) in [5.41, 5.74) is 4.85. The van der Waals surface area contributed by atoms with Crippen LogP contribution in [-0.2, 0) is 4.79 Å². The third-order valence-electron chi connectivity index (χ3n) is 1.84. The van der Waals surface area contributed by atoms with Crippen molar-refractivity contribution >= 4 is 11.8 Å². The van der Waals surface area contributed by atoms with Crippen molar-refractivity contribution in [1.29, 1.82) is 0 Å². The molecule has 0 unspecified atom stereocenters. The Hall–Kier alpha value is -1.91. The summed E-state index contributed by atoms with van der Waals surface area (Å²) >= 11 is 0. The lowest BCUT2D eigenvalue weighted by Crippen LogP contribution is -2.35. The van der Waals surface area contributed by atoms with Crippen LogP contribution in [0, 0.1) is 5.82 Å². The van der Waals surface area contributed by atoms with Crippen molar-refractivity contribution in [3.05, 3.63) is 35.6 Å². The van der Waals surface area contributed by atoms with Crippen LogP contribution in [-0.4, -0.2) is 30.3 Å². The Morgan fingerprint density at radius 2 is 2.00 bits per heavy atom. The van der Waals surface area contributed by atoms with Gasteiger partial charge in [-0.2, -0.15) is 0 Å². The van der Waals surface area contributed by atoms with Crippen LogP contribution >= 0.6 is 0 Å². The number of hydrogen-bond acceptors (Lipinski definition) is 2. The van der Waals surface area contributed by atoms with Gasteiger partial charge in [0.2, 0.25) is 5.91 Å². The summed E-state index contributed by atoms with van der Waals surface area (Å²) in [5.74, 6) is -1.81. The van der Waals surface area contributed by atoms with Crippen LogP contribution < -0.4 is 5.73 Å². The molecule has 2 amide bonds. The van der Waals surface area contributed by atoms with E-state index < -0.39 is 17.6 Å². The van der Waals surface area contributed by atoms with Crippen LogP contribution in [0.25, 0.3) is 0 Å². The summed E-state index contributed by atoms with van der Waals surface area (Å²) in [4.78, 5) is 23.2. The first kappa shape index (κ1) is 11.2. The van der Waals surface area contributed by atoms with E-state index >= 15 is 0 Å². The lowest BCUT2D eigenvalue weighted by atomic mass is 10.2. The predicted molar refractivity (Wildman–Crippen MR) is 52.6 cm³/mol. The van der Waals surface area contributed by atoms with Gasteiger partial charge in [0.05, 0.1) is 12.1 Å². The molecule has 5 heteroatoms. The first-order valence-electron chi connectivity index (χ1n) is 4.30. The van der Waals surface area contributed by atoms with E-state index in [1.54, 1.807) is 6.07 Å². The van der Waals surface area contributed by atoms with Gasteiger partial charge >= 0.3 is 0 Å². The van der Waals surface area contributed by atoms with E-state index in [-0.39, 0.29) is 12.1 Å². The van der Waals surface area contributed by atoms with E-state index in [9.17, 15) is 14.0 Å². The van der Waals surface area contributed by atoms with Gasteiger partial charge in [0.15, 0.2) is 0 Å². The third-order valence-corrected chi connectivity index (χ3v) is 1.84. The molecule has 0 aliphatic heterocycles. The Morgan fingerprint density at radius 3 is 2.53 bits per heavy atom. The highest BCUT2D eigenvalue weighted by atomic mass is 19.1. The van der Waals surface area contributed by atoms with Gasteiger partial charge < -0.3 is 10.6 Å². The first-order chi connectivity index (χ1) is 7.02. The average Bonchev–Trinajstić information content (AvgIpc) is 2.16. The number of carbonyl (C=O) groups is 2. The highest BCUT2D eigenvalue weighted by Gasteiger charge is 2.16. The van der Waals surface area contributed by atoms with Crippen molar-refractivity contribution in [3.63, 3.8) is 0 Å². The zero-order valence-corrected chi connectivity index (χ0v) is 8.24. The summed E-state index contributed by atoms with van der Waals surface area (Å²) in [6, 6.07) is 5.58. The van der Waals surface area contributed by atoms with Crippen LogP contribution in [0.1, 0.15) is 10.4 Å². The maximum absolute atomic E-state index is 13.2. The van der Waals surface area contributed by atoms with Gasteiger partial charge in [-0.1, -0.05) is 12.1 Å². The summed E-state index contributed by atoms with van der Waals surface area (Å²) in [5, 5.41) is 0. The number of nitrogens with zero attached hydrogens (tertiary/aromatic N) is 1. The third kappa shape index (κ3) is 2.77. The first-order valence-corrected chi connectivity index (χ1v) is 4.30. The fraction of sp³-hybridized carbons (Fsp3) is 0.200. The number of rotatable bonds is 3. The molecular formula is C10H11FN2O2. The summed E-state index contributed by atoms with van der Waals surface area (Å²) in [6.45, 7) is -0.229. The maximum Gasteiger partial charge on any atom is 0.257 e. The smallest absolute Gasteiger partial charge is 0.257 e. The van der Waals surface area contributed by atoms with E-state index in [4.69, 9.17) is 5.73 Å². The van der Waals surface area contributed by atoms with E-state index in [0.717, 1.165) is 4.90 Å². The zero-order chi connectivity index (χ0) is 11.4. The molecule has 0 aliphatic rings. The normalized spacial score (nSPS) is 9.73. The number of carbonyl (C=O) groups excluding carboxylic acids is 2. The SMILES string of the molecule is CN(CC(N)=O)C(=O)c1ccccc1F. The van der Waals surface area contributed by atoms with Crippen LogP contribution in [0.5, 0.6) is 0 Å². The van der Waals surface area contributed by atoms with Gasteiger partial charge in [-0.15, -0.1) is 0 Å². The zero-order valence-electron chi connectivity index (χ0n) is 8.24. The topological polar surface area (TPSA) is 63.4 Å². The van der Waals surface area contributed by atoms with Crippen molar-refractivity contribution < 1.29 is 14.0 Å². The molecule has 0 heterocycles. The van der Waals surface area contributed by atoms with Gasteiger partial charge in [-0.05, 0) is 12.1 Å². The Kier molecular flexibility index (Phi) is 3.38. The molecule has 1 rings (SSSR count). The quantitative estimate of drug-likeness (QED) is 0.784. The summed E-state index contributed by atoms with van der Waals surface area (Å²) < 4.78 is 13.2. The molecule has 4 nitrogen and oxygen atoms in total. The number of hydrogen-bond donors (Lipinski definition) is 1. The molecule has 0 spiro atoms. The van der Waals surface area contributed by atoms with E-state index in [1.807, 2.05) is 0 Å². The van der Waals surface area contributed by atoms with Gasteiger partial charge in [0, 0.05) is 7.05 Å². The monoisotopic (exact) mass is 210 g/mol. The van der Waals surface area contributed by atoms with Gasteiger partial charge in [-0.3, -0.25) is 9.59 Å². The molecule has 0 saturated heterocycles. The number of benzene rings is 1. The maximum atomic E-state index is 13.2. The van der Waals surface area contributed by atoms with E-state index in [2.05, 4.69) is 0 Å². The molecule has 1 aromatic rings. The van der Waals surface area contributed by atoms with Crippen molar-refractivity contribution in [3.8, 4) is 0 Å². The molecule has 15 heavy (non-hydrogen) atoms. The number of primary amides is 1. The molecule has 2 N–H and O–H groups in total. The van der Waals surface area contributed by atoms with Crippen LogP contribution in [0.15, 0.2) is 24.3 Å². The van der Waals surface area contributed by atoms with Gasteiger partial charge in [0.25, 0.3) is 5.91 Å². The number of likely N-dealkylation sites (N-methyl/N-ethyl adjacent to an activating group) is 1. The second-order valence-corrected chi connectivity index (χ2v) is 3.11. The number of halogens is 1. The van der Waals surface area contributed by atoms with Crippen LogP contribution in [0.3, 0.4) is 0 Å². The Labute approximate surface area is 86.5 Å². The predicted octanol–water partition coefficient (Wildman–Crippen LogP) is 0.383. The standard InChI is InChI=1S/C10H11FN2O2/c1-13(6-9(12)14)10(15)7-4-2-3-5-8(7)11/h2-5H,6H2,1H3,(H2,12,14). The number of amides is 2. The molecule has 0 atom stereocenters. The second kappa shape index (κ2) is 4.54. The average molecular weight is 210 g/mol. The van der Waals surface area contributed by atoms with E-state index in [0.29, 0.717) is 0 Å². The lowest BCUT2D eigenvalue weighted by molar-refractivity contribution is -0.118. The second-order valence-electron chi connectivity index (χ2n) is 3.11. The molecule has 0 aliphatic carbocycles. The minimum atomic E-state index is -0.637. The fourth-order valence-electron chi connectivity index (χ4n) is 1.15. The van der Waals surface area contributed by atoms with Crippen LogP contribution in [0.2, 0.25) is 0 Å². The molecule has 0 fully saturated rings. The fourth-order valence-corrected chi connectivity index (χ4v) is 1.15. The molecule has 0 saturated carbocycles. The molecular weight excluding hydrogens is 199 g/mol. The Bertz CT molecular complexity index is 393. The highest BCUT2D eigenvalue weighted by molar-refractivity contribution is 5.96. The Morgan fingerprint density at radius 1 is 1.40 bits per heavy atom. The molecule has 0 radical (unpaired) electrons. The van der Waals surface area contributed by atoms with Crippen molar-refractivity contribution in [2.45, 2.75) is 0 Å². The van der Waals surface area contributed by atoms with Crippen LogP contribution in [0.4, 0.5) is 4.39 Å². The van der Waals surface area contributed by atoms with Crippen molar-refractivity contribution in [1.82, 2.24) is 4.90 Å². The largest absolute Gasteiger partial charge is 0.368 e. The van der Waals surface area contributed by atoms with Gasteiger partial charge in [0.1, 0.15) is 5.82 Å². The van der Waals surface area contributed by atoms with E-state index in [1.165, 1.54) is 25.2 Å². The molecule has 0 bridgehead atoms. The molecule has 0 aromatic heterocycles. The Balaban J connectivity index is 2.85. The van der Waals surface area contributed by atoms with Gasteiger partial charge in [-0.25, -0.2) is 4.39 Å². The highest BCUT2D eigenvalue weighted by Crippen LogP contribution is 2.08.